The van der Waals surface area contributed by atoms with Crippen LogP contribution >= 0.6 is 0 Å². The number of ether oxygens (including phenoxy) is 1. The van der Waals surface area contributed by atoms with Gasteiger partial charge in [0.2, 0.25) is 0 Å². The Morgan fingerprint density at radius 3 is 2.32 bits per heavy atom. The summed E-state index contributed by atoms with van der Waals surface area (Å²) in [6.45, 7) is 6.60. The average molecular weight is 342 g/mol. The maximum atomic E-state index is 12.7. The summed E-state index contributed by atoms with van der Waals surface area (Å²) in [5.74, 6) is 1.03. The van der Waals surface area contributed by atoms with Gasteiger partial charge in [-0.15, -0.1) is 0 Å². The van der Waals surface area contributed by atoms with E-state index in [0.717, 1.165) is 43.7 Å². The highest BCUT2D eigenvalue weighted by molar-refractivity contribution is 6.35. The number of hydrogen-bond donors (Lipinski definition) is 0. The Balaban J connectivity index is 1.93. The maximum Gasteiger partial charge on any atom is 0.277 e. The molecule has 0 aliphatic carbocycles. The van der Waals surface area contributed by atoms with Crippen molar-refractivity contribution in [3.05, 3.63) is 35.5 Å². The third kappa shape index (κ3) is 3.41. The molecular formula is C20H26N2O3. The van der Waals surface area contributed by atoms with Gasteiger partial charge in [-0.1, -0.05) is 26.0 Å². The summed E-state index contributed by atoms with van der Waals surface area (Å²) in [7, 11) is 1.56. The van der Waals surface area contributed by atoms with Crippen LogP contribution in [0.2, 0.25) is 0 Å². The van der Waals surface area contributed by atoms with E-state index in [2.05, 4.69) is 18.7 Å². The summed E-state index contributed by atoms with van der Waals surface area (Å²) < 4.78 is 5.61. The molecule has 25 heavy (non-hydrogen) atoms. The molecule has 0 unspecified atom stereocenters. The summed E-state index contributed by atoms with van der Waals surface area (Å²) in [6, 6.07) is 7.47. The third-order valence-corrected chi connectivity index (χ3v) is 4.98. The lowest BCUT2D eigenvalue weighted by Crippen LogP contribution is -2.37. The second kappa shape index (κ2) is 7.30. The minimum atomic E-state index is -0.221. The normalized spacial score (nSPS) is 19.2. The summed E-state index contributed by atoms with van der Waals surface area (Å²) in [5.41, 5.74) is 1.85. The fourth-order valence-electron chi connectivity index (χ4n) is 3.35. The van der Waals surface area contributed by atoms with Gasteiger partial charge in [0.15, 0.2) is 0 Å². The topological polar surface area (TPSA) is 49.9 Å². The van der Waals surface area contributed by atoms with Crippen molar-refractivity contribution in [3.8, 4) is 5.75 Å². The Labute approximate surface area is 149 Å². The van der Waals surface area contributed by atoms with Gasteiger partial charge >= 0.3 is 0 Å². The van der Waals surface area contributed by atoms with Crippen LogP contribution in [-0.2, 0) is 9.59 Å². The third-order valence-electron chi connectivity index (χ3n) is 4.98. The molecule has 2 aliphatic rings. The van der Waals surface area contributed by atoms with Crippen molar-refractivity contribution in [1.82, 2.24) is 9.80 Å². The highest BCUT2D eigenvalue weighted by atomic mass is 16.5. The number of imide groups is 1. The molecule has 1 fully saturated rings. The largest absolute Gasteiger partial charge is 0.494 e. The van der Waals surface area contributed by atoms with Gasteiger partial charge in [0, 0.05) is 20.1 Å². The first-order valence-corrected chi connectivity index (χ1v) is 9.07. The Hall–Kier alpha value is -2.30. The van der Waals surface area contributed by atoms with Crippen LogP contribution in [0.3, 0.4) is 0 Å². The molecule has 0 radical (unpaired) electrons. The molecule has 1 aromatic rings. The van der Waals surface area contributed by atoms with Crippen LogP contribution in [-0.4, -0.2) is 48.4 Å². The summed E-state index contributed by atoms with van der Waals surface area (Å²) >= 11 is 0. The molecular weight excluding hydrogens is 316 g/mol. The molecule has 5 heteroatoms. The fraction of sp³-hybridized carbons (Fsp3) is 0.500. The van der Waals surface area contributed by atoms with Crippen molar-refractivity contribution < 1.29 is 14.3 Å². The molecule has 0 atom stereocenters. The van der Waals surface area contributed by atoms with Crippen LogP contribution in [0.15, 0.2) is 30.0 Å². The van der Waals surface area contributed by atoms with Crippen LogP contribution in [0.5, 0.6) is 5.75 Å². The molecule has 3 rings (SSSR count). The maximum absolute atomic E-state index is 12.7. The zero-order chi connectivity index (χ0) is 18.0. The van der Waals surface area contributed by atoms with E-state index in [4.69, 9.17) is 4.74 Å². The summed E-state index contributed by atoms with van der Waals surface area (Å²) in [5, 5.41) is 0. The summed E-state index contributed by atoms with van der Waals surface area (Å²) in [4.78, 5) is 28.7. The number of likely N-dealkylation sites (N-methyl/N-ethyl adjacent to an activating group) is 1. The standard InChI is InChI=1S/C20H26N2O3/c1-4-13-25-16-7-5-15(6-8-16)17-18(20(24)21(3)19(17)23)22-11-9-14(2)10-12-22/h5-8,14H,4,9-13H2,1-3H3. The van der Waals surface area contributed by atoms with Gasteiger partial charge in [-0.3, -0.25) is 14.5 Å². The van der Waals surface area contributed by atoms with Gasteiger partial charge < -0.3 is 9.64 Å². The van der Waals surface area contributed by atoms with Crippen LogP contribution in [0.25, 0.3) is 5.57 Å². The Kier molecular flexibility index (Phi) is 5.11. The molecule has 0 aromatic heterocycles. The van der Waals surface area contributed by atoms with Gasteiger partial charge in [0.05, 0.1) is 12.2 Å². The first-order valence-electron chi connectivity index (χ1n) is 9.07. The lowest BCUT2D eigenvalue weighted by molar-refractivity contribution is -0.136. The lowest BCUT2D eigenvalue weighted by Gasteiger charge is -2.32. The second-order valence-electron chi connectivity index (χ2n) is 6.94. The van der Waals surface area contributed by atoms with Crippen molar-refractivity contribution >= 4 is 17.4 Å². The Bertz CT molecular complexity index is 685. The summed E-state index contributed by atoms with van der Waals surface area (Å²) in [6.07, 6.45) is 3.04. The van der Waals surface area contributed by atoms with Gasteiger partial charge in [-0.25, -0.2) is 0 Å². The predicted octanol–water partition coefficient (Wildman–Crippen LogP) is 2.92. The molecule has 0 bridgehead atoms. The quantitative estimate of drug-likeness (QED) is 0.772. The van der Waals surface area contributed by atoms with Gasteiger partial charge in [-0.05, 0) is 42.9 Å². The Morgan fingerprint density at radius 1 is 1.08 bits per heavy atom. The average Bonchev–Trinajstić information content (AvgIpc) is 2.85. The van der Waals surface area contributed by atoms with E-state index >= 15 is 0 Å². The van der Waals surface area contributed by atoms with E-state index in [1.54, 1.807) is 7.05 Å². The number of nitrogens with zero attached hydrogens (tertiary/aromatic N) is 2. The molecule has 2 heterocycles. The predicted molar refractivity (Wildman–Crippen MR) is 96.9 cm³/mol. The zero-order valence-electron chi connectivity index (χ0n) is 15.2. The van der Waals surface area contributed by atoms with Crippen molar-refractivity contribution in [2.24, 2.45) is 5.92 Å². The smallest absolute Gasteiger partial charge is 0.277 e. The molecule has 1 aromatic carbocycles. The minimum absolute atomic E-state index is 0.194. The van der Waals surface area contributed by atoms with Gasteiger partial charge in [-0.2, -0.15) is 0 Å². The number of benzene rings is 1. The Morgan fingerprint density at radius 2 is 1.72 bits per heavy atom. The molecule has 5 nitrogen and oxygen atoms in total. The van der Waals surface area contributed by atoms with Crippen LogP contribution in [0.1, 0.15) is 38.7 Å². The van der Waals surface area contributed by atoms with E-state index in [1.807, 2.05) is 24.3 Å². The number of carbonyl (C=O) groups excluding carboxylic acids is 2. The van der Waals surface area contributed by atoms with E-state index < -0.39 is 0 Å². The molecule has 2 amide bonds. The second-order valence-corrected chi connectivity index (χ2v) is 6.94. The molecule has 0 saturated carbocycles. The van der Waals surface area contributed by atoms with E-state index in [1.165, 1.54) is 4.90 Å². The number of rotatable bonds is 5. The molecule has 2 aliphatic heterocycles. The van der Waals surface area contributed by atoms with Crippen molar-refractivity contribution in [1.29, 1.82) is 0 Å². The fourth-order valence-corrected chi connectivity index (χ4v) is 3.35. The molecule has 134 valence electrons. The highest BCUT2D eigenvalue weighted by Crippen LogP contribution is 2.33. The van der Waals surface area contributed by atoms with Crippen molar-refractivity contribution in [2.75, 3.05) is 26.7 Å². The van der Waals surface area contributed by atoms with Crippen LogP contribution in [0, 0.1) is 5.92 Å². The van der Waals surface area contributed by atoms with Gasteiger partial charge in [0.1, 0.15) is 11.4 Å². The van der Waals surface area contributed by atoms with E-state index in [0.29, 0.717) is 23.8 Å². The molecule has 0 N–H and O–H groups in total. The number of piperidine rings is 1. The minimum Gasteiger partial charge on any atom is -0.494 e. The molecule has 0 spiro atoms. The number of hydrogen-bond acceptors (Lipinski definition) is 4. The SMILES string of the molecule is CCCOc1ccc(C2=C(N3CCC(C)CC3)C(=O)N(C)C2=O)cc1. The van der Waals surface area contributed by atoms with Crippen molar-refractivity contribution in [3.63, 3.8) is 0 Å². The number of carbonyl (C=O) groups is 2. The first-order chi connectivity index (χ1) is 12.0. The van der Waals surface area contributed by atoms with E-state index in [9.17, 15) is 9.59 Å². The highest BCUT2D eigenvalue weighted by Gasteiger charge is 2.40. The monoisotopic (exact) mass is 342 g/mol. The van der Waals surface area contributed by atoms with E-state index in [-0.39, 0.29) is 11.8 Å². The zero-order valence-corrected chi connectivity index (χ0v) is 15.2. The van der Waals surface area contributed by atoms with Gasteiger partial charge in [0.25, 0.3) is 11.8 Å². The van der Waals surface area contributed by atoms with Crippen LogP contribution < -0.4 is 4.74 Å². The molecule has 1 saturated heterocycles. The number of likely N-dealkylation sites (tertiary alicyclic amines) is 1. The van der Waals surface area contributed by atoms with Crippen molar-refractivity contribution in [2.45, 2.75) is 33.1 Å². The van der Waals surface area contributed by atoms with Crippen LogP contribution in [0.4, 0.5) is 0 Å². The first kappa shape index (κ1) is 17.5. The number of amides is 2. The lowest BCUT2D eigenvalue weighted by atomic mass is 9.97.